The third kappa shape index (κ3) is 3.20. The molecule has 0 amide bonds. The van der Waals surface area contributed by atoms with Crippen molar-refractivity contribution in [2.75, 3.05) is 13.7 Å². The molecule has 6 nitrogen and oxygen atoms in total. The highest BCUT2D eigenvalue weighted by Crippen LogP contribution is 2.50. The number of benzene rings is 2. The van der Waals surface area contributed by atoms with Gasteiger partial charge < -0.3 is 24.1 Å². The van der Waals surface area contributed by atoms with E-state index in [1.54, 1.807) is 18.2 Å². The van der Waals surface area contributed by atoms with Crippen LogP contribution in [0.15, 0.2) is 39.7 Å². The Balaban J connectivity index is 1.68. The molecular formula is C26H28O6. The first-order chi connectivity index (χ1) is 15.3. The molecule has 0 radical (unpaired) electrons. The van der Waals surface area contributed by atoms with Gasteiger partial charge in [0.05, 0.1) is 19.3 Å². The van der Waals surface area contributed by atoms with E-state index in [0.29, 0.717) is 35.3 Å². The molecule has 5 rings (SSSR count). The second-order valence-corrected chi connectivity index (χ2v) is 9.70. The summed E-state index contributed by atoms with van der Waals surface area (Å²) >= 11 is 0. The fourth-order valence-corrected chi connectivity index (χ4v) is 5.59. The smallest absolute Gasteiger partial charge is 0.204 e. The molecule has 3 aromatic rings. The molecule has 1 aliphatic heterocycles. The highest BCUT2D eigenvalue weighted by molar-refractivity contribution is 5.91. The predicted octanol–water partition coefficient (Wildman–Crippen LogP) is 5.26. The summed E-state index contributed by atoms with van der Waals surface area (Å²) in [6, 6.07) is 6.22. The van der Waals surface area contributed by atoms with Gasteiger partial charge in [0.1, 0.15) is 28.7 Å². The Hall–Kier alpha value is -3.15. The number of rotatable bonds is 2. The van der Waals surface area contributed by atoms with Gasteiger partial charge in [-0.05, 0) is 54.2 Å². The van der Waals surface area contributed by atoms with E-state index in [4.69, 9.17) is 13.9 Å². The lowest BCUT2D eigenvalue weighted by Crippen LogP contribution is -2.37. The number of methoxy groups -OCH3 is 1. The predicted molar refractivity (Wildman–Crippen MR) is 122 cm³/mol. The molecule has 0 bridgehead atoms. The van der Waals surface area contributed by atoms with Gasteiger partial charge in [0, 0.05) is 11.6 Å². The maximum atomic E-state index is 13.5. The zero-order valence-corrected chi connectivity index (χ0v) is 18.6. The quantitative estimate of drug-likeness (QED) is 0.570. The number of phenols is 2. The van der Waals surface area contributed by atoms with Gasteiger partial charge in [0.15, 0.2) is 11.5 Å². The average Bonchev–Trinajstić information content (AvgIpc) is 2.95. The largest absolute Gasteiger partial charge is 0.507 e. The molecule has 32 heavy (non-hydrogen) atoms. The van der Waals surface area contributed by atoms with Crippen LogP contribution < -0.4 is 14.9 Å². The molecule has 1 aromatic heterocycles. The van der Waals surface area contributed by atoms with Crippen LogP contribution in [0.2, 0.25) is 0 Å². The molecule has 2 atom stereocenters. The zero-order chi connectivity index (χ0) is 22.6. The lowest BCUT2D eigenvalue weighted by atomic mass is 9.62. The van der Waals surface area contributed by atoms with E-state index in [9.17, 15) is 15.0 Å². The molecule has 0 unspecified atom stereocenters. The Morgan fingerprint density at radius 2 is 1.97 bits per heavy atom. The summed E-state index contributed by atoms with van der Waals surface area (Å²) in [5.74, 6) is 1.55. The van der Waals surface area contributed by atoms with Crippen molar-refractivity contribution in [1.29, 1.82) is 0 Å². The second kappa shape index (κ2) is 7.47. The number of fused-ring (bicyclic) bond motifs is 4. The van der Waals surface area contributed by atoms with Gasteiger partial charge >= 0.3 is 0 Å². The van der Waals surface area contributed by atoms with Gasteiger partial charge in [-0.15, -0.1) is 0 Å². The Labute approximate surface area is 186 Å². The van der Waals surface area contributed by atoms with Crippen molar-refractivity contribution in [2.45, 2.75) is 39.5 Å². The van der Waals surface area contributed by atoms with Crippen molar-refractivity contribution in [3.05, 3.63) is 46.3 Å². The molecule has 1 fully saturated rings. The molecular weight excluding hydrogens is 408 g/mol. The van der Waals surface area contributed by atoms with Gasteiger partial charge in [-0.25, -0.2) is 0 Å². The molecule has 1 saturated carbocycles. The lowest BCUT2D eigenvalue weighted by Gasteiger charge is -2.43. The van der Waals surface area contributed by atoms with Crippen LogP contribution in [0.25, 0.3) is 22.1 Å². The van der Waals surface area contributed by atoms with Crippen LogP contribution in [-0.2, 0) is 6.42 Å². The average molecular weight is 437 g/mol. The first-order valence-corrected chi connectivity index (χ1v) is 11.1. The SMILES string of the molecule is COc1cc(-c2coc3c4c(cc(O)c3c2=O)OC[C@@H]2CCCC(C)(C)[C@@H]2C4)ccc1O. The number of hydrogen-bond donors (Lipinski definition) is 2. The first-order valence-electron chi connectivity index (χ1n) is 11.1. The summed E-state index contributed by atoms with van der Waals surface area (Å²) in [6.45, 7) is 5.23. The minimum absolute atomic E-state index is 0.0172. The third-order valence-electron chi connectivity index (χ3n) is 7.43. The number of phenolic OH excluding ortho intramolecular Hbond substituents is 2. The fraction of sp³-hybridized carbons (Fsp3) is 0.423. The maximum absolute atomic E-state index is 13.5. The van der Waals surface area contributed by atoms with E-state index in [1.807, 2.05) is 0 Å². The molecule has 0 spiro atoms. The van der Waals surface area contributed by atoms with E-state index in [0.717, 1.165) is 24.8 Å². The van der Waals surface area contributed by atoms with Crippen LogP contribution in [0.5, 0.6) is 23.0 Å². The number of ether oxygens (including phenoxy) is 2. The first kappa shape index (κ1) is 20.7. The van der Waals surface area contributed by atoms with Crippen molar-refractivity contribution >= 4 is 11.0 Å². The topological polar surface area (TPSA) is 89.1 Å². The van der Waals surface area contributed by atoms with E-state index in [1.165, 1.54) is 25.9 Å². The van der Waals surface area contributed by atoms with Crippen molar-refractivity contribution in [2.24, 2.45) is 17.3 Å². The Kier molecular flexibility index (Phi) is 4.84. The molecule has 0 saturated heterocycles. The standard InChI is InChI=1S/C26H28O6/c1-26(2)8-4-5-15-12-31-21-11-20(28)23-24(29)17(13-32-25(23)16(21)10-18(15)26)14-6-7-19(27)22(9-14)30-3/h6-7,9,11,13,15,18,27-28H,4-5,8,10,12H2,1-3H3/t15-,18+/m0/s1. The van der Waals surface area contributed by atoms with Gasteiger partial charge in [-0.2, -0.15) is 0 Å². The maximum Gasteiger partial charge on any atom is 0.204 e. The minimum atomic E-state index is -0.331. The Morgan fingerprint density at radius 1 is 1.16 bits per heavy atom. The van der Waals surface area contributed by atoms with Crippen LogP contribution >= 0.6 is 0 Å². The van der Waals surface area contributed by atoms with Gasteiger partial charge in [0.2, 0.25) is 5.43 Å². The summed E-state index contributed by atoms with van der Waals surface area (Å²) in [7, 11) is 1.45. The Morgan fingerprint density at radius 3 is 2.75 bits per heavy atom. The van der Waals surface area contributed by atoms with Gasteiger partial charge in [-0.3, -0.25) is 4.79 Å². The molecule has 2 heterocycles. The summed E-state index contributed by atoms with van der Waals surface area (Å²) in [5.41, 5.74) is 1.91. The van der Waals surface area contributed by atoms with Crippen molar-refractivity contribution in [3.63, 3.8) is 0 Å². The Bertz CT molecular complexity index is 1260. The van der Waals surface area contributed by atoms with Crippen LogP contribution in [-0.4, -0.2) is 23.9 Å². The number of hydrogen-bond acceptors (Lipinski definition) is 6. The molecule has 6 heteroatoms. The zero-order valence-electron chi connectivity index (χ0n) is 18.6. The monoisotopic (exact) mass is 436 g/mol. The van der Waals surface area contributed by atoms with E-state index >= 15 is 0 Å². The van der Waals surface area contributed by atoms with Crippen molar-refractivity contribution in [3.8, 4) is 34.1 Å². The van der Waals surface area contributed by atoms with Crippen molar-refractivity contribution in [1.82, 2.24) is 0 Å². The molecule has 1 aliphatic carbocycles. The van der Waals surface area contributed by atoms with Crippen LogP contribution in [0.1, 0.15) is 38.7 Å². The highest BCUT2D eigenvalue weighted by Gasteiger charge is 2.42. The second-order valence-electron chi connectivity index (χ2n) is 9.70. The molecule has 2 N–H and O–H groups in total. The normalized spacial score (nSPS) is 21.8. The van der Waals surface area contributed by atoms with Gasteiger partial charge in [0.25, 0.3) is 0 Å². The molecule has 168 valence electrons. The van der Waals surface area contributed by atoms with Crippen LogP contribution in [0.3, 0.4) is 0 Å². The van der Waals surface area contributed by atoms with E-state index in [-0.39, 0.29) is 39.0 Å². The summed E-state index contributed by atoms with van der Waals surface area (Å²) in [4.78, 5) is 13.5. The van der Waals surface area contributed by atoms with Gasteiger partial charge in [-0.1, -0.05) is 26.3 Å². The summed E-state index contributed by atoms with van der Waals surface area (Å²) < 4.78 is 17.3. The highest BCUT2D eigenvalue weighted by atomic mass is 16.5. The van der Waals surface area contributed by atoms with Crippen molar-refractivity contribution < 1.29 is 24.1 Å². The van der Waals surface area contributed by atoms with E-state index in [2.05, 4.69) is 13.8 Å². The minimum Gasteiger partial charge on any atom is -0.507 e. The van der Waals surface area contributed by atoms with E-state index < -0.39 is 0 Å². The summed E-state index contributed by atoms with van der Waals surface area (Å²) in [5, 5.41) is 20.8. The fourth-order valence-electron chi connectivity index (χ4n) is 5.59. The van der Waals surface area contributed by atoms with Crippen LogP contribution in [0.4, 0.5) is 0 Å². The lowest BCUT2D eigenvalue weighted by molar-refractivity contribution is 0.0535. The molecule has 2 aromatic carbocycles. The summed E-state index contributed by atoms with van der Waals surface area (Å²) in [6.07, 6.45) is 5.65. The third-order valence-corrected chi connectivity index (χ3v) is 7.43. The van der Waals surface area contributed by atoms with Crippen LogP contribution in [0, 0.1) is 17.3 Å². The molecule has 2 aliphatic rings. The number of aromatic hydroxyl groups is 2.